The van der Waals surface area contributed by atoms with Gasteiger partial charge in [0.2, 0.25) is 0 Å². The summed E-state index contributed by atoms with van der Waals surface area (Å²) in [6, 6.07) is 12.5. The van der Waals surface area contributed by atoms with Crippen LogP contribution in [0.15, 0.2) is 59.4 Å². The van der Waals surface area contributed by atoms with Gasteiger partial charge in [0.05, 0.1) is 17.4 Å². The second kappa shape index (κ2) is 6.55. The third-order valence-corrected chi connectivity index (χ3v) is 4.72. The highest BCUT2D eigenvalue weighted by atomic mass is 16.3. The van der Waals surface area contributed by atoms with Gasteiger partial charge in [0.1, 0.15) is 12.0 Å². The summed E-state index contributed by atoms with van der Waals surface area (Å²) < 4.78 is 4.95. The Balaban J connectivity index is 1.48. The molecule has 1 aromatic heterocycles. The van der Waals surface area contributed by atoms with Crippen LogP contribution in [-0.2, 0) is 0 Å². The molecule has 0 bridgehead atoms. The first-order valence-electron chi connectivity index (χ1n) is 8.46. The van der Waals surface area contributed by atoms with Gasteiger partial charge in [-0.05, 0) is 29.0 Å². The number of amides is 2. The lowest BCUT2D eigenvalue weighted by Gasteiger charge is -2.34. The van der Waals surface area contributed by atoms with Crippen LogP contribution in [-0.4, -0.2) is 52.9 Å². The largest absolute Gasteiger partial charge is 0.507 e. The van der Waals surface area contributed by atoms with Crippen LogP contribution >= 0.6 is 0 Å². The van der Waals surface area contributed by atoms with Crippen LogP contribution in [0.25, 0.3) is 10.8 Å². The molecule has 26 heavy (non-hydrogen) atoms. The number of carbonyl (C=O) groups excluding carboxylic acids is 2. The van der Waals surface area contributed by atoms with Crippen LogP contribution in [0.2, 0.25) is 0 Å². The molecule has 0 saturated carbocycles. The quantitative estimate of drug-likeness (QED) is 0.771. The lowest BCUT2D eigenvalue weighted by Crippen LogP contribution is -2.50. The second-order valence-corrected chi connectivity index (χ2v) is 6.31. The smallest absolute Gasteiger partial charge is 0.257 e. The molecule has 1 aliphatic heterocycles. The van der Waals surface area contributed by atoms with E-state index >= 15 is 0 Å². The lowest BCUT2D eigenvalue weighted by molar-refractivity contribution is 0.0533. The normalized spacial score (nSPS) is 14.6. The number of rotatable bonds is 2. The van der Waals surface area contributed by atoms with Crippen molar-refractivity contribution in [2.24, 2.45) is 0 Å². The molecule has 6 nitrogen and oxygen atoms in total. The first-order valence-corrected chi connectivity index (χ1v) is 8.46. The Bertz CT molecular complexity index is 957. The molecule has 0 radical (unpaired) electrons. The molecule has 0 atom stereocenters. The SMILES string of the molecule is O=C(c1ccoc1)N1CCN(C(=O)c2cc3ccccc3cc2O)CC1. The maximum Gasteiger partial charge on any atom is 0.257 e. The Labute approximate surface area is 150 Å². The van der Waals surface area contributed by atoms with Crippen LogP contribution in [0.5, 0.6) is 5.75 Å². The molecular weight excluding hydrogens is 332 g/mol. The van der Waals surface area contributed by atoms with E-state index in [-0.39, 0.29) is 17.6 Å². The van der Waals surface area contributed by atoms with Crippen molar-refractivity contribution in [3.63, 3.8) is 0 Å². The molecular formula is C20H18N2O4. The van der Waals surface area contributed by atoms with E-state index in [1.54, 1.807) is 28.0 Å². The second-order valence-electron chi connectivity index (χ2n) is 6.31. The Hall–Kier alpha value is -3.28. The fourth-order valence-electron chi connectivity index (χ4n) is 3.25. The van der Waals surface area contributed by atoms with E-state index in [1.165, 1.54) is 12.5 Å². The number of hydrogen-bond donors (Lipinski definition) is 1. The van der Waals surface area contributed by atoms with Crippen molar-refractivity contribution in [2.75, 3.05) is 26.2 Å². The molecule has 6 heteroatoms. The molecule has 2 aromatic carbocycles. The summed E-state index contributed by atoms with van der Waals surface area (Å²) >= 11 is 0. The summed E-state index contributed by atoms with van der Waals surface area (Å²) in [5, 5.41) is 12.0. The zero-order valence-electron chi connectivity index (χ0n) is 14.1. The average Bonchev–Trinajstić information content (AvgIpc) is 3.21. The van der Waals surface area contributed by atoms with Gasteiger partial charge in [-0.1, -0.05) is 24.3 Å². The molecule has 2 heterocycles. The van der Waals surface area contributed by atoms with Gasteiger partial charge in [-0.2, -0.15) is 0 Å². The van der Waals surface area contributed by atoms with Crippen LogP contribution in [0, 0.1) is 0 Å². The number of aromatic hydroxyl groups is 1. The predicted octanol–water partition coefficient (Wildman–Crippen LogP) is 2.74. The summed E-state index contributed by atoms with van der Waals surface area (Å²) in [6.07, 6.45) is 2.89. The minimum atomic E-state index is -0.219. The van der Waals surface area contributed by atoms with E-state index in [0.29, 0.717) is 37.3 Å². The van der Waals surface area contributed by atoms with Gasteiger partial charge in [-0.25, -0.2) is 0 Å². The van der Waals surface area contributed by atoms with Crippen LogP contribution in [0.1, 0.15) is 20.7 Å². The summed E-state index contributed by atoms with van der Waals surface area (Å²) in [4.78, 5) is 28.5. The number of phenols is 1. The fraction of sp³-hybridized carbons (Fsp3) is 0.200. The zero-order valence-corrected chi connectivity index (χ0v) is 14.1. The molecule has 3 aromatic rings. The fourth-order valence-corrected chi connectivity index (χ4v) is 3.25. The number of benzene rings is 2. The van der Waals surface area contributed by atoms with Crippen molar-refractivity contribution >= 4 is 22.6 Å². The van der Waals surface area contributed by atoms with Gasteiger partial charge in [0.15, 0.2) is 0 Å². The summed E-state index contributed by atoms with van der Waals surface area (Å²) in [5.41, 5.74) is 0.801. The van der Waals surface area contributed by atoms with E-state index < -0.39 is 0 Å². The highest BCUT2D eigenvalue weighted by Gasteiger charge is 2.27. The Morgan fingerprint density at radius 3 is 2.12 bits per heavy atom. The van der Waals surface area contributed by atoms with Crippen LogP contribution in [0.4, 0.5) is 0 Å². The molecule has 2 amide bonds. The predicted molar refractivity (Wildman–Crippen MR) is 96.1 cm³/mol. The third kappa shape index (κ3) is 2.90. The summed E-state index contributed by atoms with van der Waals surface area (Å²) in [6.45, 7) is 1.75. The van der Waals surface area contributed by atoms with Crippen LogP contribution < -0.4 is 0 Å². The monoisotopic (exact) mass is 350 g/mol. The van der Waals surface area contributed by atoms with E-state index in [2.05, 4.69) is 0 Å². The van der Waals surface area contributed by atoms with Crippen LogP contribution in [0.3, 0.4) is 0 Å². The number of fused-ring (bicyclic) bond motifs is 1. The molecule has 1 fully saturated rings. The first kappa shape index (κ1) is 16.2. The molecule has 0 aliphatic carbocycles. The number of nitrogens with zero attached hydrogens (tertiary/aromatic N) is 2. The topological polar surface area (TPSA) is 74.0 Å². The van der Waals surface area contributed by atoms with Gasteiger partial charge in [-0.3, -0.25) is 9.59 Å². The Morgan fingerprint density at radius 2 is 1.50 bits per heavy atom. The van der Waals surface area contributed by atoms with Crippen molar-refractivity contribution in [1.82, 2.24) is 9.80 Å². The van der Waals surface area contributed by atoms with Crippen molar-refractivity contribution in [1.29, 1.82) is 0 Å². The van der Waals surface area contributed by atoms with Crippen molar-refractivity contribution < 1.29 is 19.1 Å². The number of furan rings is 1. The maximum absolute atomic E-state index is 12.8. The van der Waals surface area contributed by atoms with Gasteiger partial charge >= 0.3 is 0 Å². The maximum atomic E-state index is 12.8. The van der Waals surface area contributed by atoms with E-state index in [4.69, 9.17) is 4.42 Å². The van der Waals surface area contributed by atoms with E-state index in [9.17, 15) is 14.7 Å². The Kier molecular flexibility index (Phi) is 4.08. The van der Waals surface area contributed by atoms with Gasteiger partial charge in [0, 0.05) is 26.2 Å². The zero-order chi connectivity index (χ0) is 18.1. The highest BCUT2D eigenvalue weighted by Crippen LogP contribution is 2.26. The van der Waals surface area contributed by atoms with Gasteiger partial charge in [-0.15, -0.1) is 0 Å². The minimum Gasteiger partial charge on any atom is -0.507 e. The first-order chi connectivity index (χ1) is 12.6. The molecule has 1 saturated heterocycles. The molecule has 0 unspecified atom stereocenters. The van der Waals surface area contributed by atoms with Crippen molar-refractivity contribution in [2.45, 2.75) is 0 Å². The van der Waals surface area contributed by atoms with E-state index in [1.807, 2.05) is 24.3 Å². The minimum absolute atomic E-state index is 0.0226. The highest BCUT2D eigenvalue weighted by molar-refractivity contribution is 6.01. The standard InChI is InChI=1S/C20H18N2O4/c23-18-12-15-4-2-1-3-14(15)11-17(18)20(25)22-8-6-21(7-9-22)19(24)16-5-10-26-13-16/h1-5,10-13,23H,6-9H2. The van der Waals surface area contributed by atoms with Gasteiger partial charge in [0.25, 0.3) is 11.8 Å². The molecule has 1 N–H and O–H groups in total. The molecule has 132 valence electrons. The molecule has 4 rings (SSSR count). The summed E-state index contributed by atoms with van der Waals surface area (Å²) in [7, 11) is 0. The molecule has 1 aliphatic rings. The van der Waals surface area contributed by atoms with Gasteiger partial charge < -0.3 is 19.3 Å². The number of phenolic OH excluding ortho intramolecular Hbond substituents is 1. The molecule has 0 spiro atoms. The third-order valence-electron chi connectivity index (χ3n) is 4.72. The van der Waals surface area contributed by atoms with Crippen molar-refractivity contribution in [3.05, 3.63) is 66.1 Å². The van der Waals surface area contributed by atoms with E-state index in [0.717, 1.165) is 10.8 Å². The average molecular weight is 350 g/mol. The summed E-state index contributed by atoms with van der Waals surface area (Å²) in [5.74, 6) is -0.339. The lowest BCUT2D eigenvalue weighted by atomic mass is 10.0. The number of piperazine rings is 1. The van der Waals surface area contributed by atoms with Crippen molar-refractivity contribution in [3.8, 4) is 5.75 Å². The number of carbonyl (C=O) groups is 2. The number of hydrogen-bond acceptors (Lipinski definition) is 4. The Morgan fingerprint density at radius 1 is 0.885 bits per heavy atom.